The summed E-state index contributed by atoms with van der Waals surface area (Å²) in [6.45, 7) is 1.90. The van der Waals surface area contributed by atoms with Crippen LogP contribution < -0.4 is 4.18 Å². The zero-order valence-corrected chi connectivity index (χ0v) is 14.6. The molecule has 0 atom stereocenters. The van der Waals surface area contributed by atoms with E-state index in [1.807, 2.05) is 12.3 Å². The van der Waals surface area contributed by atoms with Gasteiger partial charge >= 0.3 is 10.1 Å². The molecular weight excluding hydrogens is 364 g/mol. The van der Waals surface area contributed by atoms with Gasteiger partial charge in [0.25, 0.3) is 5.69 Å². The highest BCUT2D eigenvalue weighted by Gasteiger charge is 2.18. The van der Waals surface area contributed by atoms with Gasteiger partial charge in [0.15, 0.2) is 0 Å². The quantitative estimate of drug-likeness (QED) is 0.381. The molecule has 25 heavy (non-hydrogen) atoms. The predicted molar refractivity (Wildman–Crippen MR) is 93.2 cm³/mol. The van der Waals surface area contributed by atoms with Crippen molar-refractivity contribution in [3.8, 4) is 16.3 Å². The van der Waals surface area contributed by atoms with E-state index in [0.29, 0.717) is 0 Å². The van der Waals surface area contributed by atoms with Gasteiger partial charge in [-0.05, 0) is 43.3 Å². The average molecular weight is 376 g/mol. The van der Waals surface area contributed by atoms with Gasteiger partial charge in [-0.1, -0.05) is 0 Å². The first-order valence-electron chi connectivity index (χ1n) is 7.07. The molecule has 1 heterocycles. The van der Waals surface area contributed by atoms with Gasteiger partial charge in [0.1, 0.15) is 15.7 Å². The summed E-state index contributed by atoms with van der Waals surface area (Å²) in [5.41, 5.74) is 1.58. The molecule has 1 aromatic heterocycles. The first-order chi connectivity index (χ1) is 11.8. The lowest BCUT2D eigenvalue weighted by molar-refractivity contribution is -0.384. The normalized spacial score (nSPS) is 11.2. The maximum atomic E-state index is 12.2. The second-order valence-corrected chi connectivity index (χ2v) is 7.51. The molecule has 0 saturated carbocycles. The molecule has 2 aromatic carbocycles. The first-order valence-corrected chi connectivity index (χ1v) is 9.35. The maximum Gasteiger partial charge on any atom is 0.339 e. The van der Waals surface area contributed by atoms with Gasteiger partial charge in [0.2, 0.25) is 0 Å². The van der Waals surface area contributed by atoms with Gasteiger partial charge in [-0.3, -0.25) is 10.1 Å². The Morgan fingerprint density at radius 1 is 1.08 bits per heavy atom. The summed E-state index contributed by atoms with van der Waals surface area (Å²) in [4.78, 5) is 14.2. The van der Waals surface area contributed by atoms with Crippen LogP contribution in [0, 0.1) is 17.0 Å². The van der Waals surface area contributed by atoms with E-state index >= 15 is 0 Å². The van der Waals surface area contributed by atoms with Crippen LogP contribution in [-0.4, -0.2) is 18.3 Å². The monoisotopic (exact) mass is 376 g/mol. The fourth-order valence-electron chi connectivity index (χ4n) is 2.05. The lowest BCUT2D eigenvalue weighted by Gasteiger charge is -2.07. The van der Waals surface area contributed by atoms with Gasteiger partial charge in [0, 0.05) is 28.8 Å². The Labute approximate surface area is 147 Å². The standard InChI is InChI=1S/C16H12N2O5S2/c1-11-10-24-16(17-11)12-2-6-14(7-3-12)23-25(21,22)15-8-4-13(5-9-15)18(19)20/h2-10H,1H3. The summed E-state index contributed by atoms with van der Waals surface area (Å²) in [7, 11) is -4.06. The molecule has 128 valence electrons. The van der Waals surface area contributed by atoms with Crippen molar-refractivity contribution < 1.29 is 17.5 Å². The minimum absolute atomic E-state index is 0.149. The van der Waals surface area contributed by atoms with Gasteiger partial charge < -0.3 is 4.18 Å². The second-order valence-electron chi connectivity index (χ2n) is 5.11. The molecule has 0 aliphatic rings. The maximum absolute atomic E-state index is 12.2. The Balaban J connectivity index is 1.79. The van der Waals surface area contributed by atoms with Crippen LogP contribution in [0.15, 0.2) is 58.8 Å². The Morgan fingerprint density at radius 3 is 2.24 bits per heavy atom. The molecule has 0 fully saturated rings. The number of aromatic nitrogens is 1. The minimum Gasteiger partial charge on any atom is -0.379 e. The molecule has 0 amide bonds. The number of nitro benzene ring substituents is 1. The summed E-state index contributed by atoms with van der Waals surface area (Å²) in [6.07, 6.45) is 0. The molecule has 9 heteroatoms. The Hall–Kier alpha value is -2.78. The van der Waals surface area contributed by atoms with E-state index in [9.17, 15) is 18.5 Å². The smallest absolute Gasteiger partial charge is 0.339 e. The number of benzene rings is 2. The molecule has 0 N–H and O–H groups in total. The van der Waals surface area contributed by atoms with Gasteiger partial charge in [-0.25, -0.2) is 4.98 Å². The van der Waals surface area contributed by atoms with Crippen LogP contribution in [-0.2, 0) is 10.1 Å². The third kappa shape index (κ3) is 3.83. The third-order valence-electron chi connectivity index (χ3n) is 3.26. The fourth-order valence-corrected chi connectivity index (χ4v) is 3.78. The van der Waals surface area contributed by atoms with Crippen molar-refractivity contribution in [3.05, 3.63) is 69.7 Å². The molecule has 0 aliphatic carbocycles. The molecule has 0 saturated heterocycles. The van der Waals surface area contributed by atoms with Gasteiger partial charge in [0.05, 0.1) is 4.92 Å². The SMILES string of the molecule is Cc1csc(-c2ccc(OS(=O)(=O)c3ccc([N+](=O)[O-])cc3)cc2)n1. The van der Waals surface area contributed by atoms with Crippen LogP contribution in [0.3, 0.4) is 0 Å². The highest BCUT2D eigenvalue weighted by Crippen LogP contribution is 2.27. The molecule has 0 unspecified atom stereocenters. The fraction of sp³-hybridized carbons (Fsp3) is 0.0625. The van der Waals surface area contributed by atoms with Crippen molar-refractivity contribution in [1.29, 1.82) is 0 Å². The number of non-ortho nitro benzene ring substituents is 1. The van der Waals surface area contributed by atoms with Crippen LogP contribution in [0.1, 0.15) is 5.69 Å². The van der Waals surface area contributed by atoms with Crippen molar-refractivity contribution in [2.75, 3.05) is 0 Å². The van der Waals surface area contributed by atoms with E-state index < -0.39 is 15.0 Å². The lowest BCUT2D eigenvalue weighted by Crippen LogP contribution is -2.09. The summed E-state index contributed by atoms with van der Waals surface area (Å²) in [5, 5.41) is 13.4. The van der Waals surface area contributed by atoms with Crippen LogP contribution >= 0.6 is 11.3 Å². The molecule has 7 nitrogen and oxygen atoms in total. The zero-order valence-electron chi connectivity index (χ0n) is 12.9. The Morgan fingerprint density at radius 2 is 1.72 bits per heavy atom. The van der Waals surface area contributed by atoms with E-state index in [1.165, 1.54) is 23.5 Å². The van der Waals surface area contributed by atoms with E-state index in [1.54, 1.807) is 12.1 Å². The minimum atomic E-state index is -4.06. The number of hydrogen-bond acceptors (Lipinski definition) is 7. The predicted octanol–water partition coefficient (Wildman–Crippen LogP) is 3.79. The molecule has 0 radical (unpaired) electrons. The van der Waals surface area contributed by atoms with Crippen molar-refractivity contribution in [2.24, 2.45) is 0 Å². The topological polar surface area (TPSA) is 99.4 Å². The number of nitrogens with zero attached hydrogens (tertiary/aromatic N) is 2. The molecular formula is C16H12N2O5S2. The third-order valence-corrected chi connectivity index (χ3v) is 5.53. The highest BCUT2D eigenvalue weighted by molar-refractivity contribution is 7.87. The molecule has 0 aliphatic heterocycles. The summed E-state index contributed by atoms with van der Waals surface area (Å²) >= 11 is 1.50. The summed E-state index contributed by atoms with van der Waals surface area (Å²) < 4.78 is 29.5. The molecule has 3 aromatic rings. The summed E-state index contributed by atoms with van der Waals surface area (Å²) in [6, 6.07) is 11.0. The van der Waals surface area contributed by atoms with E-state index in [0.717, 1.165) is 40.5 Å². The van der Waals surface area contributed by atoms with Crippen LogP contribution in [0.25, 0.3) is 10.6 Å². The van der Waals surface area contributed by atoms with Crippen molar-refractivity contribution in [1.82, 2.24) is 4.98 Å². The van der Waals surface area contributed by atoms with E-state index in [4.69, 9.17) is 4.18 Å². The highest BCUT2D eigenvalue weighted by atomic mass is 32.2. The van der Waals surface area contributed by atoms with Crippen LogP contribution in [0.4, 0.5) is 5.69 Å². The van der Waals surface area contributed by atoms with Crippen molar-refractivity contribution >= 4 is 27.1 Å². The van der Waals surface area contributed by atoms with E-state index in [2.05, 4.69) is 4.98 Å². The van der Waals surface area contributed by atoms with Crippen molar-refractivity contribution in [3.63, 3.8) is 0 Å². The largest absolute Gasteiger partial charge is 0.379 e. The number of thiazole rings is 1. The number of rotatable bonds is 5. The van der Waals surface area contributed by atoms with Crippen LogP contribution in [0.2, 0.25) is 0 Å². The number of hydrogen-bond donors (Lipinski definition) is 0. The van der Waals surface area contributed by atoms with Crippen LogP contribution in [0.5, 0.6) is 5.75 Å². The molecule has 3 rings (SSSR count). The molecule has 0 bridgehead atoms. The average Bonchev–Trinajstić information content (AvgIpc) is 3.02. The first kappa shape index (κ1) is 17.1. The van der Waals surface area contributed by atoms with Gasteiger partial charge in [-0.15, -0.1) is 11.3 Å². The van der Waals surface area contributed by atoms with Crippen molar-refractivity contribution in [2.45, 2.75) is 11.8 Å². The number of nitro groups is 1. The Kier molecular flexibility index (Phi) is 4.51. The second kappa shape index (κ2) is 6.61. The van der Waals surface area contributed by atoms with E-state index in [-0.39, 0.29) is 16.3 Å². The lowest BCUT2D eigenvalue weighted by atomic mass is 10.2. The Bertz CT molecular complexity index is 1010. The molecule has 0 spiro atoms. The summed E-state index contributed by atoms with van der Waals surface area (Å²) in [5.74, 6) is 0.149. The van der Waals surface area contributed by atoms with Gasteiger partial charge in [-0.2, -0.15) is 8.42 Å². The zero-order chi connectivity index (χ0) is 18.0. The number of aryl methyl sites for hydroxylation is 1.